The third-order valence-electron chi connectivity index (χ3n) is 2.63. The average molecular weight is 368 g/mol. The molecule has 0 atom stereocenters. The molecular formula is C15H13IO3. The molecule has 0 fully saturated rings. The van der Waals surface area contributed by atoms with Crippen molar-refractivity contribution >= 4 is 28.9 Å². The van der Waals surface area contributed by atoms with E-state index in [1.54, 1.807) is 25.3 Å². The lowest BCUT2D eigenvalue weighted by Crippen LogP contribution is -1.98. The molecule has 2 aromatic rings. The van der Waals surface area contributed by atoms with Crippen LogP contribution in [0.4, 0.5) is 0 Å². The van der Waals surface area contributed by atoms with E-state index >= 15 is 0 Å². The lowest BCUT2D eigenvalue weighted by Gasteiger charge is -2.11. The summed E-state index contributed by atoms with van der Waals surface area (Å²) in [6, 6.07) is 13.2. The Labute approximate surface area is 125 Å². The highest BCUT2D eigenvalue weighted by Crippen LogP contribution is 2.28. The number of benzene rings is 2. The highest BCUT2D eigenvalue weighted by molar-refractivity contribution is 14.1. The van der Waals surface area contributed by atoms with Crippen LogP contribution in [0.3, 0.4) is 0 Å². The maximum atomic E-state index is 10.7. The van der Waals surface area contributed by atoms with Gasteiger partial charge in [0.05, 0.1) is 7.11 Å². The largest absolute Gasteiger partial charge is 0.493 e. The Hall–Kier alpha value is -1.56. The first kappa shape index (κ1) is 13.9. The van der Waals surface area contributed by atoms with Gasteiger partial charge in [-0.2, -0.15) is 0 Å². The molecule has 0 N–H and O–H groups in total. The molecule has 0 aromatic heterocycles. The number of ether oxygens (including phenoxy) is 2. The van der Waals surface area contributed by atoms with Crippen LogP contribution < -0.4 is 9.47 Å². The minimum Gasteiger partial charge on any atom is -0.493 e. The zero-order valence-electron chi connectivity index (χ0n) is 10.4. The van der Waals surface area contributed by atoms with Crippen molar-refractivity contribution in [2.45, 2.75) is 6.61 Å². The summed E-state index contributed by atoms with van der Waals surface area (Å²) in [5.74, 6) is 1.20. The SMILES string of the molecule is COc1cc(C=O)ccc1OCc1ccc(I)cc1. The van der Waals surface area contributed by atoms with Gasteiger partial charge >= 0.3 is 0 Å². The van der Waals surface area contributed by atoms with Gasteiger partial charge in [0.15, 0.2) is 11.5 Å². The van der Waals surface area contributed by atoms with E-state index in [0.29, 0.717) is 23.7 Å². The summed E-state index contributed by atoms with van der Waals surface area (Å²) in [6.45, 7) is 0.466. The molecule has 0 aliphatic carbocycles. The van der Waals surface area contributed by atoms with Gasteiger partial charge in [-0.3, -0.25) is 4.79 Å². The van der Waals surface area contributed by atoms with Crippen molar-refractivity contribution in [3.63, 3.8) is 0 Å². The van der Waals surface area contributed by atoms with Crippen molar-refractivity contribution in [3.8, 4) is 11.5 Å². The van der Waals surface area contributed by atoms with Crippen LogP contribution in [0.25, 0.3) is 0 Å². The van der Waals surface area contributed by atoms with Crippen LogP contribution in [-0.4, -0.2) is 13.4 Å². The van der Waals surface area contributed by atoms with Gasteiger partial charge < -0.3 is 9.47 Å². The Kier molecular flexibility index (Phi) is 4.79. The van der Waals surface area contributed by atoms with E-state index in [2.05, 4.69) is 22.6 Å². The van der Waals surface area contributed by atoms with Crippen LogP contribution in [0.15, 0.2) is 42.5 Å². The Morgan fingerprint density at radius 2 is 1.84 bits per heavy atom. The van der Waals surface area contributed by atoms with Gasteiger partial charge in [0.2, 0.25) is 0 Å². The number of carbonyl (C=O) groups excluding carboxylic acids is 1. The Morgan fingerprint density at radius 3 is 2.47 bits per heavy atom. The number of methoxy groups -OCH3 is 1. The molecule has 0 heterocycles. The highest BCUT2D eigenvalue weighted by Gasteiger charge is 2.05. The molecular weight excluding hydrogens is 355 g/mol. The van der Waals surface area contributed by atoms with Crippen molar-refractivity contribution in [3.05, 3.63) is 57.2 Å². The molecule has 0 saturated heterocycles. The minimum atomic E-state index is 0.466. The first-order valence-electron chi connectivity index (χ1n) is 5.73. The highest BCUT2D eigenvalue weighted by atomic mass is 127. The van der Waals surface area contributed by atoms with Crippen LogP contribution in [0.5, 0.6) is 11.5 Å². The van der Waals surface area contributed by atoms with Gasteiger partial charge in [-0.15, -0.1) is 0 Å². The van der Waals surface area contributed by atoms with Gasteiger partial charge in [0.25, 0.3) is 0 Å². The van der Waals surface area contributed by atoms with Crippen molar-refractivity contribution in [1.29, 1.82) is 0 Å². The van der Waals surface area contributed by atoms with Crippen molar-refractivity contribution in [2.24, 2.45) is 0 Å². The Morgan fingerprint density at radius 1 is 1.11 bits per heavy atom. The molecule has 4 heteroatoms. The second-order valence-corrected chi connectivity index (χ2v) is 5.19. The summed E-state index contributed by atoms with van der Waals surface area (Å²) in [5.41, 5.74) is 1.65. The molecule has 0 amide bonds. The van der Waals surface area contributed by atoms with Gasteiger partial charge in [-0.1, -0.05) is 12.1 Å². The van der Waals surface area contributed by atoms with E-state index in [9.17, 15) is 4.79 Å². The van der Waals surface area contributed by atoms with Crippen LogP contribution >= 0.6 is 22.6 Å². The molecule has 0 radical (unpaired) electrons. The van der Waals surface area contributed by atoms with Crippen LogP contribution in [-0.2, 0) is 6.61 Å². The summed E-state index contributed by atoms with van der Waals surface area (Å²) in [5, 5.41) is 0. The zero-order valence-corrected chi connectivity index (χ0v) is 12.6. The Bertz CT molecular complexity index is 564. The van der Waals surface area contributed by atoms with Crippen molar-refractivity contribution < 1.29 is 14.3 Å². The van der Waals surface area contributed by atoms with Crippen molar-refractivity contribution in [2.75, 3.05) is 7.11 Å². The van der Waals surface area contributed by atoms with Crippen LogP contribution in [0.1, 0.15) is 15.9 Å². The quantitative estimate of drug-likeness (QED) is 0.597. The third kappa shape index (κ3) is 3.70. The van der Waals surface area contributed by atoms with Crippen molar-refractivity contribution in [1.82, 2.24) is 0 Å². The maximum Gasteiger partial charge on any atom is 0.161 e. The molecule has 0 unspecified atom stereocenters. The molecule has 2 rings (SSSR count). The summed E-state index contributed by atoms with van der Waals surface area (Å²) in [4.78, 5) is 10.7. The summed E-state index contributed by atoms with van der Waals surface area (Å²) >= 11 is 2.26. The minimum absolute atomic E-state index is 0.466. The third-order valence-corrected chi connectivity index (χ3v) is 3.35. The zero-order chi connectivity index (χ0) is 13.7. The topological polar surface area (TPSA) is 35.5 Å². The normalized spacial score (nSPS) is 10.0. The number of carbonyl (C=O) groups is 1. The number of aldehydes is 1. The fourth-order valence-corrected chi connectivity index (χ4v) is 1.98. The Balaban J connectivity index is 2.10. The molecule has 0 bridgehead atoms. The smallest absolute Gasteiger partial charge is 0.161 e. The predicted molar refractivity (Wildman–Crippen MR) is 81.9 cm³/mol. The van der Waals surface area contributed by atoms with E-state index in [1.807, 2.05) is 24.3 Å². The molecule has 3 nitrogen and oxygen atoms in total. The first-order valence-corrected chi connectivity index (χ1v) is 6.81. The number of hydrogen-bond acceptors (Lipinski definition) is 3. The van der Waals surface area contributed by atoms with E-state index < -0.39 is 0 Å². The summed E-state index contributed by atoms with van der Waals surface area (Å²) in [7, 11) is 1.56. The second-order valence-electron chi connectivity index (χ2n) is 3.94. The maximum absolute atomic E-state index is 10.7. The number of rotatable bonds is 5. The fraction of sp³-hybridized carbons (Fsp3) is 0.133. The summed E-state index contributed by atoms with van der Waals surface area (Å²) in [6.07, 6.45) is 0.783. The van der Waals surface area contributed by atoms with Crippen LogP contribution in [0.2, 0.25) is 0 Å². The van der Waals surface area contributed by atoms with E-state index in [4.69, 9.17) is 9.47 Å². The van der Waals surface area contributed by atoms with E-state index in [1.165, 1.54) is 3.57 Å². The second kappa shape index (κ2) is 6.56. The number of hydrogen-bond donors (Lipinski definition) is 0. The van der Waals surface area contributed by atoms with Crippen LogP contribution in [0, 0.1) is 3.57 Å². The van der Waals surface area contributed by atoms with E-state index in [-0.39, 0.29) is 0 Å². The predicted octanol–water partition coefficient (Wildman–Crippen LogP) is 3.69. The van der Waals surface area contributed by atoms with Gasteiger partial charge in [0, 0.05) is 9.13 Å². The lowest BCUT2D eigenvalue weighted by molar-refractivity contribution is 0.112. The van der Waals surface area contributed by atoms with Gasteiger partial charge in [-0.25, -0.2) is 0 Å². The first-order chi connectivity index (χ1) is 9.22. The molecule has 19 heavy (non-hydrogen) atoms. The van der Waals surface area contributed by atoms with E-state index in [0.717, 1.165) is 11.8 Å². The van der Waals surface area contributed by atoms with Gasteiger partial charge in [-0.05, 0) is 58.5 Å². The van der Waals surface area contributed by atoms with Gasteiger partial charge in [0.1, 0.15) is 12.9 Å². The monoisotopic (exact) mass is 368 g/mol. The molecule has 0 aliphatic rings. The molecule has 0 spiro atoms. The number of halogens is 1. The fourth-order valence-electron chi connectivity index (χ4n) is 1.62. The molecule has 98 valence electrons. The summed E-state index contributed by atoms with van der Waals surface area (Å²) < 4.78 is 12.1. The lowest BCUT2D eigenvalue weighted by atomic mass is 10.2. The molecule has 0 saturated carbocycles. The average Bonchev–Trinajstić information content (AvgIpc) is 2.46. The standard InChI is InChI=1S/C15H13IO3/c1-18-15-8-12(9-17)4-7-14(15)19-10-11-2-5-13(16)6-3-11/h2-9H,10H2,1H3. The molecule has 2 aromatic carbocycles. The molecule has 0 aliphatic heterocycles.